The summed E-state index contributed by atoms with van der Waals surface area (Å²) in [5.74, 6) is 0.558. The van der Waals surface area contributed by atoms with Crippen molar-refractivity contribution in [2.24, 2.45) is 14.1 Å². The molecule has 0 radical (unpaired) electrons. The first-order chi connectivity index (χ1) is 13.8. The van der Waals surface area contributed by atoms with Crippen LogP contribution in [0.1, 0.15) is 25.8 Å². The van der Waals surface area contributed by atoms with Gasteiger partial charge in [-0.15, -0.1) is 0 Å². The molecule has 2 heterocycles. The Labute approximate surface area is 177 Å². The van der Waals surface area contributed by atoms with Gasteiger partial charge in [0.05, 0.1) is 12.6 Å². The lowest BCUT2D eigenvalue weighted by atomic mass is 10.2. The van der Waals surface area contributed by atoms with Gasteiger partial charge in [-0.1, -0.05) is 28.1 Å². The molecular formula is C20H26BrN5O3. The maximum absolute atomic E-state index is 12.9. The highest BCUT2D eigenvalue weighted by Gasteiger charge is 2.19. The zero-order chi connectivity index (χ0) is 21.1. The highest BCUT2D eigenvalue weighted by molar-refractivity contribution is 9.10. The molecule has 1 aromatic carbocycles. The van der Waals surface area contributed by atoms with Crippen molar-refractivity contribution in [2.45, 2.75) is 32.9 Å². The van der Waals surface area contributed by atoms with E-state index in [9.17, 15) is 9.59 Å². The molecule has 0 aliphatic heterocycles. The largest absolute Gasteiger partial charge is 0.379 e. The summed E-state index contributed by atoms with van der Waals surface area (Å²) in [6.45, 7) is 5.73. The first-order valence-corrected chi connectivity index (χ1v) is 10.3. The van der Waals surface area contributed by atoms with Crippen LogP contribution in [0.5, 0.6) is 0 Å². The molecule has 29 heavy (non-hydrogen) atoms. The molecule has 156 valence electrons. The molecule has 8 nitrogen and oxygen atoms in total. The standard InChI is InChI=1S/C20H26BrN5O3/c1-13(2)29-10-6-9-22-19-23-17-16(18(27)25(4)20(28)24(17)3)26(19)12-14-7-5-8-15(21)11-14/h5,7-8,11,13H,6,9-10,12H2,1-4H3,(H,22,23). The van der Waals surface area contributed by atoms with E-state index >= 15 is 0 Å². The molecule has 0 spiro atoms. The van der Waals surface area contributed by atoms with Crippen molar-refractivity contribution >= 4 is 33.0 Å². The SMILES string of the molecule is CC(C)OCCCNc1nc2c(c(=O)n(C)c(=O)n2C)n1Cc1cccc(Br)c1. The third-order valence-corrected chi connectivity index (χ3v) is 5.13. The van der Waals surface area contributed by atoms with Gasteiger partial charge in [0.25, 0.3) is 5.56 Å². The van der Waals surface area contributed by atoms with E-state index in [2.05, 4.69) is 26.2 Å². The van der Waals surface area contributed by atoms with Crippen LogP contribution in [0.2, 0.25) is 0 Å². The number of imidazole rings is 1. The van der Waals surface area contributed by atoms with Crippen LogP contribution in [0.25, 0.3) is 11.2 Å². The Hall–Kier alpha value is -2.39. The zero-order valence-electron chi connectivity index (χ0n) is 17.1. The van der Waals surface area contributed by atoms with E-state index in [1.165, 1.54) is 11.6 Å². The third kappa shape index (κ3) is 4.62. The fourth-order valence-corrected chi connectivity index (χ4v) is 3.59. The molecule has 0 bridgehead atoms. The minimum Gasteiger partial charge on any atom is -0.379 e. The van der Waals surface area contributed by atoms with Gasteiger partial charge in [0, 0.05) is 31.7 Å². The predicted molar refractivity (Wildman–Crippen MR) is 118 cm³/mol. The average molecular weight is 464 g/mol. The number of aryl methyl sites for hydroxylation is 1. The highest BCUT2D eigenvalue weighted by Crippen LogP contribution is 2.19. The summed E-state index contributed by atoms with van der Waals surface area (Å²) in [5, 5.41) is 3.30. The second-order valence-electron chi connectivity index (χ2n) is 7.23. The average Bonchev–Trinajstić information content (AvgIpc) is 3.02. The van der Waals surface area contributed by atoms with Gasteiger partial charge in [0.1, 0.15) is 0 Å². The topological polar surface area (TPSA) is 83.1 Å². The Bertz CT molecular complexity index is 1130. The lowest BCUT2D eigenvalue weighted by Crippen LogP contribution is -2.37. The molecule has 2 aromatic heterocycles. The lowest BCUT2D eigenvalue weighted by Gasteiger charge is -2.12. The Morgan fingerprint density at radius 1 is 1.21 bits per heavy atom. The number of halogens is 1. The first-order valence-electron chi connectivity index (χ1n) is 9.55. The minimum absolute atomic E-state index is 0.189. The summed E-state index contributed by atoms with van der Waals surface area (Å²) < 4.78 is 10.9. The molecule has 1 N–H and O–H groups in total. The second-order valence-corrected chi connectivity index (χ2v) is 8.15. The highest BCUT2D eigenvalue weighted by atomic mass is 79.9. The van der Waals surface area contributed by atoms with Crippen molar-refractivity contribution < 1.29 is 4.74 Å². The molecule has 0 fully saturated rings. The van der Waals surface area contributed by atoms with E-state index in [4.69, 9.17) is 4.74 Å². The summed E-state index contributed by atoms with van der Waals surface area (Å²) in [6.07, 6.45) is 0.989. The van der Waals surface area contributed by atoms with Crippen molar-refractivity contribution in [3.8, 4) is 0 Å². The van der Waals surface area contributed by atoms with Crippen molar-refractivity contribution in [2.75, 3.05) is 18.5 Å². The summed E-state index contributed by atoms with van der Waals surface area (Å²) >= 11 is 3.49. The molecule has 0 unspecified atom stereocenters. The van der Waals surface area contributed by atoms with Crippen LogP contribution in [0, 0.1) is 0 Å². The number of hydrogen-bond acceptors (Lipinski definition) is 5. The van der Waals surface area contributed by atoms with E-state index in [0.717, 1.165) is 21.0 Å². The summed E-state index contributed by atoms with van der Waals surface area (Å²) in [4.78, 5) is 29.8. The molecule has 0 saturated carbocycles. The Balaban J connectivity index is 2.02. The number of hydrogen-bond donors (Lipinski definition) is 1. The smallest absolute Gasteiger partial charge is 0.332 e. The minimum atomic E-state index is -0.397. The number of anilines is 1. The quantitative estimate of drug-likeness (QED) is 0.518. The van der Waals surface area contributed by atoms with E-state index in [1.807, 2.05) is 42.7 Å². The van der Waals surface area contributed by atoms with Crippen LogP contribution in [0.4, 0.5) is 5.95 Å². The first kappa shape index (κ1) is 21.3. The van der Waals surface area contributed by atoms with Crippen molar-refractivity contribution in [3.05, 3.63) is 55.1 Å². The van der Waals surface area contributed by atoms with Crippen molar-refractivity contribution in [1.82, 2.24) is 18.7 Å². The summed E-state index contributed by atoms with van der Waals surface area (Å²) in [5.41, 5.74) is 1.03. The molecule has 0 aliphatic carbocycles. The molecule has 9 heteroatoms. The number of benzene rings is 1. The van der Waals surface area contributed by atoms with Crippen molar-refractivity contribution in [1.29, 1.82) is 0 Å². The second kappa shape index (κ2) is 8.96. The van der Waals surface area contributed by atoms with Gasteiger partial charge < -0.3 is 10.1 Å². The molecule has 0 aliphatic rings. The fourth-order valence-electron chi connectivity index (χ4n) is 3.14. The van der Waals surface area contributed by atoms with Crippen LogP contribution >= 0.6 is 15.9 Å². The molecule has 3 rings (SSSR count). The lowest BCUT2D eigenvalue weighted by molar-refractivity contribution is 0.0787. The Morgan fingerprint density at radius 2 is 1.97 bits per heavy atom. The number of aromatic nitrogens is 4. The van der Waals surface area contributed by atoms with E-state index in [-0.39, 0.29) is 11.7 Å². The summed E-state index contributed by atoms with van der Waals surface area (Å²) in [7, 11) is 3.11. The Morgan fingerprint density at radius 3 is 2.66 bits per heavy atom. The maximum atomic E-state index is 12.9. The molecule has 3 aromatic rings. The van der Waals surface area contributed by atoms with Gasteiger partial charge in [0.15, 0.2) is 11.2 Å². The Kier molecular flexibility index (Phi) is 6.59. The molecule has 0 atom stereocenters. The third-order valence-electron chi connectivity index (χ3n) is 4.63. The fraction of sp³-hybridized carbons (Fsp3) is 0.450. The van der Waals surface area contributed by atoms with Crippen LogP contribution in [-0.2, 0) is 25.4 Å². The van der Waals surface area contributed by atoms with E-state index < -0.39 is 5.69 Å². The van der Waals surface area contributed by atoms with Gasteiger partial charge in [-0.3, -0.25) is 18.5 Å². The normalized spacial score (nSPS) is 11.5. The van der Waals surface area contributed by atoms with Gasteiger partial charge in [0.2, 0.25) is 5.95 Å². The zero-order valence-corrected chi connectivity index (χ0v) is 18.7. The van der Waals surface area contributed by atoms with Crippen LogP contribution in [0.15, 0.2) is 38.3 Å². The number of nitrogens with one attached hydrogen (secondary N) is 1. The van der Waals surface area contributed by atoms with Crippen LogP contribution in [-0.4, -0.2) is 37.9 Å². The van der Waals surface area contributed by atoms with Gasteiger partial charge in [-0.05, 0) is 38.0 Å². The number of rotatable bonds is 8. The molecule has 0 saturated heterocycles. The van der Waals surface area contributed by atoms with E-state index in [0.29, 0.717) is 36.8 Å². The van der Waals surface area contributed by atoms with Crippen LogP contribution < -0.4 is 16.6 Å². The number of ether oxygens (including phenoxy) is 1. The predicted octanol–water partition coefficient (Wildman–Crippen LogP) is 2.47. The monoisotopic (exact) mass is 463 g/mol. The molecular weight excluding hydrogens is 438 g/mol. The summed E-state index contributed by atoms with van der Waals surface area (Å²) in [6, 6.07) is 7.89. The van der Waals surface area contributed by atoms with Crippen molar-refractivity contribution in [3.63, 3.8) is 0 Å². The van der Waals surface area contributed by atoms with E-state index in [1.54, 1.807) is 7.05 Å². The maximum Gasteiger partial charge on any atom is 0.332 e. The van der Waals surface area contributed by atoms with Crippen LogP contribution in [0.3, 0.4) is 0 Å². The van der Waals surface area contributed by atoms with Gasteiger partial charge >= 0.3 is 5.69 Å². The molecule has 0 amide bonds. The number of fused-ring (bicyclic) bond motifs is 1. The van der Waals surface area contributed by atoms with Gasteiger partial charge in [-0.25, -0.2) is 4.79 Å². The van der Waals surface area contributed by atoms with Gasteiger partial charge in [-0.2, -0.15) is 4.98 Å². The number of nitrogens with zero attached hydrogens (tertiary/aromatic N) is 4.